The summed E-state index contributed by atoms with van der Waals surface area (Å²) in [6.07, 6.45) is 0.910. The van der Waals surface area contributed by atoms with Crippen molar-refractivity contribution in [3.63, 3.8) is 0 Å². The van der Waals surface area contributed by atoms with E-state index in [-0.39, 0.29) is 46.6 Å². The summed E-state index contributed by atoms with van der Waals surface area (Å²) in [5.41, 5.74) is 4.67. The smallest absolute Gasteiger partial charge is 0.355 e. The molecule has 0 saturated heterocycles. The molecule has 0 aliphatic heterocycles. The molecule has 1 aromatic heterocycles. The molecular weight excluding hydrogens is 391 g/mol. The molecule has 0 amide bonds. The number of halogens is 1. The molecule has 6 N–H and O–H groups in total. The maximum Gasteiger partial charge on any atom is 0.355 e. The van der Waals surface area contributed by atoms with E-state index in [1.807, 2.05) is 0 Å². The summed E-state index contributed by atoms with van der Waals surface area (Å²) in [5.74, 6) is -2.80. The van der Waals surface area contributed by atoms with Crippen molar-refractivity contribution in [3.05, 3.63) is 51.4 Å². The average molecular weight is 408 g/mol. The Morgan fingerprint density at radius 3 is 2.68 bits per heavy atom. The van der Waals surface area contributed by atoms with E-state index in [0.29, 0.717) is 0 Å². The van der Waals surface area contributed by atoms with E-state index in [9.17, 15) is 14.3 Å². The number of aromatic carboxylic acids is 1. The molecule has 0 aliphatic carbocycles. The molecule has 0 unspecified atom stereocenters. The van der Waals surface area contributed by atoms with Crippen molar-refractivity contribution in [1.82, 2.24) is 4.98 Å². The van der Waals surface area contributed by atoms with Gasteiger partial charge in [-0.1, -0.05) is 0 Å². The highest BCUT2D eigenvalue weighted by atomic mass is 32.1. The Labute approximate surface area is 162 Å². The number of rotatable bonds is 9. The van der Waals surface area contributed by atoms with Gasteiger partial charge in [-0.25, -0.2) is 14.2 Å². The molecular formula is C17H17FN4O5S. The van der Waals surface area contributed by atoms with Crippen LogP contribution in [0, 0.1) is 16.6 Å². The van der Waals surface area contributed by atoms with Gasteiger partial charge in [-0.05, 0) is 6.07 Å². The third kappa shape index (κ3) is 4.90. The summed E-state index contributed by atoms with van der Waals surface area (Å²) < 4.78 is 24.1. The average Bonchev–Trinajstić information content (AvgIpc) is 3.14. The molecule has 0 fully saturated rings. The van der Waals surface area contributed by atoms with Crippen LogP contribution >= 0.6 is 11.3 Å². The summed E-state index contributed by atoms with van der Waals surface area (Å²) in [6, 6.07) is 2.13. The Morgan fingerprint density at radius 1 is 1.36 bits per heavy atom. The van der Waals surface area contributed by atoms with Crippen LogP contribution in [0.1, 0.15) is 21.1 Å². The maximum atomic E-state index is 14.2. The minimum Gasteiger partial charge on any atom is -0.506 e. The standard InChI is InChI=1S/C17H17FN4O5S/c1-26-2-3-27-14-6-10(19)8(4-9(14)18)15(21)13(23)5-11(20)16-22-12(7-28-16)17(24)25/h4-7,20-21,23H,2-3,19H2,1H3,(H,24,25)/b13-5-,20-11?,21-15?. The lowest BCUT2D eigenvalue weighted by atomic mass is 10.0. The highest BCUT2D eigenvalue weighted by molar-refractivity contribution is 7.12. The number of carboxylic acids is 1. The van der Waals surface area contributed by atoms with Crippen molar-refractivity contribution in [2.45, 2.75) is 0 Å². The van der Waals surface area contributed by atoms with Crippen LogP contribution in [-0.2, 0) is 4.74 Å². The van der Waals surface area contributed by atoms with Crippen molar-refractivity contribution in [3.8, 4) is 5.75 Å². The number of nitrogen functional groups attached to an aromatic ring is 1. The number of nitrogens with two attached hydrogens (primary N) is 1. The molecule has 0 bridgehead atoms. The second-order valence-corrected chi connectivity index (χ2v) is 6.23. The fourth-order valence-electron chi connectivity index (χ4n) is 2.04. The number of anilines is 1. The van der Waals surface area contributed by atoms with E-state index in [2.05, 4.69) is 4.98 Å². The normalized spacial score (nSPS) is 11.3. The predicted octanol–water partition coefficient (Wildman–Crippen LogP) is 2.47. The molecule has 11 heteroatoms. The number of benzene rings is 1. The minimum atomic E-state index is -1.24. The van der Waals surface area contributed by atoms with Crippen molar-refractivity contribution >= 4 is 34.4 Å². The Hall–Kier alpha value is -3.31. The van der Waals surface area contributed by atoms with E-state index >= 15 is 0 Å². The number of ether oxygens (including phenoxy) is 2. The molecule has 1 aromatic carbocycles. The fraction of sp³-hybridized carbons (Fsp3) is 0.176. The third-order valence-electron chi connectivity index (χ3n) is 3.41. The SMILES string of the molecule is COCCOc1cc(N)c(C(=N)/C(O)=C/C(=N)c2nc(C(=O)O)cs2)cc1F. The zero-order valence-electron chi connectivity index (χ0n) is 14.7. The number of carboxylic acid groups (broad SMARTS) is 1. The molecule has 1 heterocycles. The largest absolute Gasteiger partial charge is 0.506 e. The Bertz CT molecular complexity index is 957. The number of nitrogens with zero attached hydrogens (tertiary/aromatic N) is 1. The van der Waals surface area contributed by atoms with Gasteiger partial charge in [0.05, 0.1) is 12.3 Å². The number of hydrogen-bond donors (Lipinski definition) is 5. The van der Waals surface area contributed by atoms with Gasteiger partial charge in [0, 0.05) is 35.9 Å². The Kier molecular flexibility index (Phi) is 6.79. The van der Waals surface area contributed by atoms with Crippen molar-refractivity contribution in [1.29, 1.82) is 10.8 Å². The van der Waals surface area contributed by atoms with Gasteiger partial charge in [-0.2, -0.15) is 0 Å². The van der Waals surface area contributed by atoms with E-state index in [4.69, 9.17) is 31.1 Å². The number of aliphatic hydroxyl groups excluding tert-OH is 1. The first kappa shape index (κ1) is 21.0. The van der Waals surface area contributed by atoms with Crippen molar-refractivity contribution in [2.24, 2.45) is 0 Å². The van der Waals surface area contributed by atoms with Gasteiger partial charge in [-0.3, -0.25) is 10.8 Å². The van der Waals surface area contributed by atoms with Gasteiger partial charge >= 0.3 is 5.97 Å². The quantitative estimate of drug-likeness (QED) is 0.184. The molecule has 0 aliphatic rings. The van der Waals surface area contributed by atoms with Gasteiger partial charge < -0.3 is 25.4 Å². The van der Waals surface area contributed by atoms with Gasteiger partial charge in [0.1, 0.15) is 23.1 Å². The zero-order valence-corrected chi connectivity index (χ0v) is 15.5. The van der Waals surface area contributed by atoms with Gasteiger partial charge in [0.15, 0.2) is 17.3 Å². The molecule has 0 spiro atoms. The number of aromatic nitrogens is 1. The van der Waals surface area contributed by atoms with Crippen LogP contribution in [0.4, 0.5) is 10.1 Å². The van der Waals surface area contributed by atoms with Crippen LogP contribution in [0.25, 0.3) is 0 Å². The monoisotopic (exact) mass is 408 g/mol. The van der Waals surface area contributed by atoms with Crippen LogP contribution in [0.15, 0.2) is 29.3 Å². The maximum absolute atomic E-state index is 14.2. The number of allylic oxidation sites excluding steroid dienone is 2. The van der Waals surface area contributed by atoms with Crippen molar-refractivity contribution < 1.29 is 28.9 Å². The van der Waals surface area contributed by atoms with Crippen LogP contribution < -0.4 is 10.5 Å². The van der Waals surface area contributed by atoms with Gasteiger partial charge in [0.2, 0.25) is 0 Å². The van der Waals surface area contributed by atoms with Crippen LogP contribution in [-0.4, -0.2) is 52.9 Å². The molecule has 2 rings (SSSR count). The van der Waals surface area contributed by atoms with E-state index < -0.39 is 23.3 Å². The second-order valence-electron chi connectivity index (χ2n) is 5.37. The molecule has 148 valence electrons. The summed E-state index contributed by atoms with van der Waals surface area (Å²) in [4.78, 5) is 14.6. The third-order valence-corrected chi connectivity index (χ3v) is 4.28. The number of methoxy groups -OCH3 is 1. The van der Waals surface area contributed by atoms with Crippen molar-refractivity contribution in [2.75, 3.05) is 26.1 Å². The number of aliphatic hydroxyl groups is 1. The number of hydrogen-bond acceptors (Lipinski definition) is 9. The Balaban J connectivity index is 2.21. The van der Waals surface area contributed by atoms with Crippen LogP contribution in [0.3, 0.4) is 0 Å². The lowest BCUT2D eigenvalue weighted by molar-refractivity contribution is 0.0691. The van der Waals surface area contributed by atoms with Gasteiger partial charge in [0.25, 0.3) is 0 Å². The summed E-state index contributed by atoms with van der Waals surface area (Å²) in [6.45, 7) is 0.362. The predicted molar refractivity (Wildman–Crippen MR) is 102 cm³/mol. The molecule has 9 nitrogen and oxygen atoms in total. The molecule has 28 heavy (non-hydrogen) atoms. The Morgan fingerprint density at radius 2 is 2.07 bits per heavy atom. The molecule has 0 radical (unpaired) electrons. The summed E-state index contributed by atoms with van der Waals surface area (Å²) >= 11 is 0.898. The summed E-state index contributed by atoms with van der Waals surface area (Å²) in [5, 5.41) is 36.1. The fourth-order valence-corrected chi connectivity index (χ4v) is 2.75. The first-order chi connectivity index (χ1) is 13.2. The topological polar surface area (TPSA) is 163 Å². The number of carbonyl (C=O) groups is 1. The van der Waals surface area contributed by atoms with E-state index in [1.54, 1.807) is 0 Å². The second kappa shape index (κ2) is 9.06. The number of thiazole rings is 1. The lowest BCUT2D eigenvalue weighted by Crippen LogP contribution is -2.11. The first-order valence-corrected chi connectivity index (χ1v) is 8.61. The molecule has 0 saturated carbocycles. The van der Waals surface area contributed by atoms with Crippen LogP contribution in [0.2, 0.25) is 0 Å². The first-order valence-electron chi connectivity index (χ1n) is 7.73. The highest BCUT2D eigenvalue weighted by Gasteiger charge is 2.17. The summed E-state index contributed by atoms with van der Waals surface area (Å²) in [7, 11) is 1.47. The zero-order chi connectivity index (χ0) is 20.8. The number of nitrogens with one attached hydrogen (secondary N) is 2. The minimum absolute atomic E-state index is 0.00675. The van der Waals surface area contributed by atoms with E-state index in [0.717, 1.165) is 23.5 Å². The highest BCUT2D eigenvalue weighted by Crippen LogP contribution is 2.26. The lowest BCUT2D eigenvalue weighted by Gasteiger charge is -2.12. The van der Waals surface area contributed by atoms with Crippen LogP contribution in [0.5, 0.6) is 5.75 Å². The molecule has 0 atom stereocenters. The van der Waals surface area contributed by atoms with E-state index in [1.165, 1.54) is 18.6 Å². The van der Waals surface area contributed by atoms with Gasteiger partial charge in [-0.15, -0.1) is 11.3 Å². The molecule has 2 aromatic rings.